The maximum absolute atomic E-state index is 12.8. The summed E-state index contributed by atoms with van der Waals surface area (Å²) < 4.78 is 34.1. The third-order valence-corrected chi connectivity index (χ3v) is 5.48. The molecule has 0 fully saturated rings. The first-order chi connectivity index (χ1) is 12.8. The number of nitrogens with one attached hydrogen (secondary N) is 1. The van der Waals surface area contributed by atoms with Gasteiger partial charge in [0.05, 0.1) is 17.5 Å². The van der Waals surface area contributed by atoms with Crippen molar-refractivity contribution in [3.8, 4) is 0 Å². The summed E-state index contributed by atoms with van der Waals surface area (Å²) in [5.41, 5.74) is 2.12. The van der Waals surface area contributed by atoms with E-state index in [9.17, 15) is 13.2 Å². The van der Waals surface area contributed by atoms with Crippen LogP contribution in [0.1, 0.15) is 34.6 Å². The largest absolute Gasteiger partial charge is 0.451 e. The Hall–Kier alpha value is -2.64. The molecule has 1 atom stereocenters. The van der Waals surface area contributed by atoms with Gasteiger partial charge in [-0.15, -0.1) is 0 Å². The minimum atomic E-state index is -3.25. The Labute approximate surface area is 158 Å². The first-order valence-electron chi connectivity index (χ1n) is 8.41. The van der Waals surface area contributed by atoms with Gasteiger partial charge >= 0.3 is 0 Å². The molecule has 0 aliphatic rings. The van der Waals surface area contributed by atoms with Crippen molar-refractivity contribution in [2.24, 2.45) is 0 Å². The summed E-state index contributed by atoms with van der Waals surface area (Å²) in [6.07, 6.45) is 1.16. The minimum absolute atomic E-state index is 0.220. The van der Waals surface area contributed by atoms with E-state index in [2.05, 4.69) is 5.32 Å². The van der Waals surface area contributed by atoms with Crippen molar-refractivity contribution in [1.29, 1.82) is 0 Å². The molecule has 1 aromatic heterocycles. The number of rotatable bonds is 6. The van der Waals surface area contributed by atoms with Crippen LogP contribution in [0, 0.1) is 0 Å². The predicted molar refractivity (Wildman–Crippen MR) is 102 cm³/mol. The van der Waals surface area contributed by atoms with E-state index in [-0.39, 0.29) is 29.2 Å². The molecule has 0 saturated heterocycles. The van der Waals surface area contributed by atoms with Gasteiger partial charge in [0.1, 0.15) is 5.58 Å². The lowest BCUT2D eigenvalue weighted by Crippen LogP contribution is -2.27. The molecule has 6 nitrogen and oxygen atoms in total. The van der Waals surface area contributed by atoms with Crippen LogP contribution in [0.3, 0.4) is 0 Å². The first kappa shape index (κ1) is 19.1. The molecular weight excluding hydrogens is 366 g/mol. The number of hydrogen-bond acceptors (Lipinski definition) is 5. The van der Waals surface area contributed by atoms with Gasteiger partial charge in [-0.25, -0.2) is 8.42 Å². The van der Waals surface area contributed by atoms with E-state index in [1.807, 2.05) is 25.1 Å². The molecule has 1 unspecified atom stereocenters. The van der Waals surface area contributed by atoms with Gasteiger partial charge in [-0.1, -0.05) is 30.3 Å². The van der Waals surface area contributed by atoms with Gasteiger partial charge in [0.25, 0.3) is 5.91 Å². The standard InChI is InChI=1S/C20H21NO5S/c1-13(14-8-10-15(11-9-14)27(3,23)24)21-20(22)19-17(12-25-2)16-6-4-5-7-18(16)26-19/h4-11,13H,12H2,1-3H3,(H,21,22). The highest BCUT2D eigenvalue weighted by Crippen LogP contribution is 2.27. The number of para-hydroxylation sites is 1. The van der Waals surface area contributed by atoms with E-state index in [1.54, 1.807) is 25.3 Å². The Morgan fingerprint density at radius 3 is 2.44 bits per heavy atom. The number of hydrogen-bond donors (Lipinski definition) is 1. The average Bonchev–Trinajstić information content (AvgIpc) is 3.00. The van der Waals surface area contributed by atoms with E-state index in [0.717, 1.165) is 17.2 Å². The molecule has 0 saturated carbocycles. The minimum Gasteiger partial charge on any atom is -0.451 e. The van der Waals surface area contributed by atoms with Gasteiger partial charge in [-0.2, -0.15) is 0 Å². The van der Waals surface area contributed by atoms with E-state index < -0.39 is 9.84 Å². The lowest BCUT2D eigenvalue weighted by atomic mass is 10.1. The number of amides is 1. The number of benzene rings is 2. The zero-order valence-corrected chi connectivity index (χ0v) is 16.2. The van der Waals surface area contributed by atoms with Crippen molar-refractivity contribution in [3.63, 3.8) is 0 Å². The molecule has 0 bridgehead atoms. The predicted octanol–water partition coefficient (Wildman–Crippen LogP) is 3.47. The van der Waals surface area contributed by atoms with E-state index in [4.69, 9.17) is 9.15 Å². The lowest BCUT2D eigenvalue weighted by Gasteiger charge is -2.14. The quantitative estimate of drug-likeness (QED) is 0.700. The zero-order valence-electron chi connectivity index (χ0n) is 15.4. The highest BCUT2D eigenvalue weighted by Gasteiger charge is 2.22. The molecule has 1 N–H and O–H groups in total. The van der Waals surface area contributed by atoms with Crippen LogP contribution in [0.15, 0.2) is 57.8 Å². The van der Waals surface area contributed by atoms with Gasteiger partial charge in [0.15, 0.2) is 15.6 Å². The fourth-order valence-corrected chi connectivity index (χ4v) is 3.55. The number of ether oxygens (including phenoxy) is 1. The maximum Gasteiger partial charge on any atom is 0.287 e. The summed E-state index contributed by atoms with van der Waals surface area (Å²) in [5.74, 6) is -0.129. The molecule has 1 heterocycles. The summed E-state index contributed by atoms with van der Waals surface area (Å²) in [4.78, 5) is 13.0. The van der Waals surface area contributed by atoms with E-state index in [1.165, 1.54) is 12.1 Å². The van der Waals surface area contributed by atoms with Crippen LogP contribution < -0.4 is 5.32 Å². The molecule has 1 amide bonds. The second kappa shape index (κ2) is 7.54. The number of fused-ring (bicyclic) bond motifs is 1. The van der Waals surface area contributed by atoms with Gasteiger partial charge in [-0.3, -0.25) is 4.79 Å². The second-order valence-electron chi connectivity index (χ2n) is 6.38. The average molecular weight is 387 g/mol. The van der Waals surface area contributed by atoms with Crippen LogP contribution in [-0.2, 0) is 21.2 Å². The van der Waals surface area contributed by atoms with Gasteiger partial charge in [0.2, 0.25) is 0 Å². The van der Waals surface area contributed by atoms with E-state index >= 15 is 0 Å². The molecule has 27 heavy (non-hydrogen) atoms. The third-order valence-electron chi connectivity index (χ3n) is 4.35. The summed E-state index contributed by atoms with van der Waals surface area (Å²) in [5, 5.41) is 3.74. The molecule has 0 radical (unpaired) electrons. The fraction of sp³-hybridized carbons (Fsp3) is 0.250. The van der Waals surface area contributed by atoms with Crippen LogP contribution in [0.25, 0.3) is 11.0 Å². The Balaban J connectivity index is 1.84. The van der Waals surface area contributed by atoms with Gasteiger partial charge in [-0.05, 0) is 30.7 Å². The van der Waals surface area contributed by atoms with Crippen molar-refractivity contribution in [1.82, 2.24) is 5.32 Å². The molecule has 0 aliphatic heterocycles. The van der Waals surface area contributed by atoms with Crippen LogP contribution in [0.2, 0.25) is 0 Å². The number of furan rings is 1. The second-order valence-corrected chi connectivity index (χ2v) is 8.39. The molecule has 0 aliphatic carbocycles. The maximum atomic E-state index is 12.8. The highest BCUT2D eigenvalue weighted by molar-refractivity contribution is 7.90. The summed E-state index contributed by atoms with van der Waals surface area (Å²) in [7, 11) is -1.69. The van der Waals surface area contributed by atoms with E-state index in [0.29, 0.717) is 11.1 Å². The molecule has 3 rings (SSSR count). The molecule has 142 valence electrons. The monoisotopic (exact) mass is 387 g/mol. The van der Waals surface area contributed by atoms with Crippen molar-refractivity contribution in [2.75, 3.05) is 13.4 Å². The lowest BCUT2D eigenvalue weighted by molar-refractivity contribution is 0.0907. The fourth-order valence-electron chi connectivity index (χ4n) is 2.92. The molecule has 3 aromatic rings. The van der Waals surface area contributed by atoms with Crippen LogP contribution in [0.5, 0.6) is 0 Å². The first-order valence-corrected chi connectivity index (χ1v) is 10.3. The SMILES string of the molecule is COCc1c(C(=O)NC(C)c2ccc(S(C)(=O)=O)cc2)oc2ccccc12. The Bertz CT molecular complexity index is 1070. The van der Waals surface area contributed by atoms with Gasteiger partial charge < -0.3 is 14.5 Å². The Kier molecular flexibility index (Phi) is 5.34. The normalized spacial score (nSPS) is 12.9. The molecular formula is C20H21NO5S. The Morgan fingerprint density at radius 2 is 1.81 bits per heavy atom. The van der Waals surface area contributed by atoms with Crippen molar-refractivity contribution < 1.29 is 22.4 Å². The summed E-state index contributed by atoms with van der Waals surface area (Å²) in [6, 6.07) is 13.5. The number of methoxy groups -OCH3 is 1. The van der Waals surface area contributed by atoms with Gasteiger partial charge in [0, 0.05) is 24.3 Å². The number of sulfone groups is 1. The molecule has 2 aromatic carbocycles. The number of carbonyl (C=O) groups excluding carboxylic acids is 1. The molecule has 0 spiro atoms. The van der Waals surface area contributed by atoms with Crippen molar-refractivity contribution in [2.45, 2.75) is 24.5 Å². The summed E-state index contributed by atoms with van der Waals surface area (Å²) in [6.45, 7) is 2.09. The van der Waals surface area contributed by atoms with Crippen LogP contribution in [-0.4, -0.2) is 27.7 Å². The van der Waals surface area contributed by atoms with Crippen LogP contribution >= 0.6 is 0 Å². The Morgan fingerprint density at radius 1 is 1.15 bits per heavy atom. The smallest absolute Gasteiger partial charge is 0.287 e. The zero-order chi connectivity index (χ0) is 19.6. The molecule has 7 heteroatoms. The highest BCUT2D eigenvalue weighted by atomic mass is 32.2. The summed E-state index contributed by atoms with van der Waals surface area (Å²) >= 11 is 0. The topological polar surface area (TPSA) is 85.6 Å². The van der Waals surface area contributed by atoms with Crippen LogP contribution in [0.4, 0.5) is 0 Å². The number of carbonyl (C=O) groups is 1. The van der Waals surface area contributed by atoms with Crippen molar-refractivity contribution in [3.05, 3.63) is 65.4 Å². The van der Waals surface area contributed by atoms with Crippen molar-refractivity contribution >= 4 is 26.7 Å². The third kappa shape index (κ3) is 4.04.